The predicted octanol–water partition coefficient (Wildman–Crippen LogP) is 1.56. The molecular weight excluding hydrogens is 352 g/mol. The molecule has 0 aromatic heterocycles. The largest absolute Gasteiger partial charge is 0.486 e. The van der Waals surface area contributed by atoms with Gasteiger partial charge in [-0.3, -0.25) is 4.90 Å². The highest BCUT2D eigenvalue weighted by Crippen LogP contribution is 2.35. The summed E-state index contributed by atoms with van der Waals surface area (Å²) in [5.74, 6) is 1.09. The van der Waals surface area contributed by atoms with Gasteiger partial charge in [-0.05, 0) is 24.3 Å². The van der Waals surface area contributed by atoms with Gasteiger partial charge in [0.05, 0.1) is 9.79 Å². The molecule has 138 valence electrons. The number of hydrogen-bond acceptors (Lipinski definition) is 6. The molecule has 0 spiro atoms. The predicted molar refractivity (Wildman–Crippen MR) is 97.6 cm³/mol. The van der Waals surface area contributed by atoms with Crippen LogP contribution in [-0.4, -0.2) is 58.8 Å². The van der Waals surface area contributed by atoms with Gasteiger partial charge in [0.1, 0.15) is 12.7 Å². The maximum absolute atomic E-state index is 12.8. The average molecular weight is 374 g/mol. The molecule has 4 rings (SSSR count). The Kier molecular flexibility index (Phi) is 4.84. The van der Waals surface area contributed by atoms with E-state index in [0.717, 1.165) is 32.7 Å². The lowest BCUT2D eigenvalue weighted by Crippen LogP contribution is -2.49. The summed E-state index contributed by atoms with van der Waals surface area (Å²) in [6, 6.07) is 13.2. The number of sulfone groups is 1. The third-order valence-electron chi connectivity index (χ3n) is 4.67. The first-order chi connectivity index (χ1) is 12.6. The maximum atomic E-state index is 12.8. The fourth-order valence-corrected chi connectivity index (χ4v) is 4.57. The molecule has 1 unspecified atom stereocenters. The molecule has 1 fully saturated rings. The highest BCUT2D eigenvalue weighted by atomic mass is 32.2. The molecular formula is C19H22N2O4S. The lowest BCUT2D eigenvalue weighted by Gasteiger charge is -2.33. The minimum absolute atomic E-state index is 0.102. The van der Waals surface area contributed by atoms with Gasteiger partial charge >= 0.3 is 0 Å². The molecule has 1 saturated heterocycles. The highest BCUT2D eigenvalue weighted by Gasteiger charge is 2.26. The second-order valence-electron chi connectivity index (χ2n) is 6.53. The van der Waals surface area contributed by atoms with Gasteiger partial charge in [-0.2, -0.15) is 0 Å². The summed E-state index contributed by atoms with van der Waals surface area (Å²) in [6.45, 7) is 5.16. The Balaban J connectivity index is 1.54. The topological polar surface area (TPSA) is 67.9 Å². The van der Waals surface area contributed by atoms with E-state index in [-0.39, 0.29) is 15.9 Å². The fraction of sp³-hybridized carbons (Fsp3) is 0.368. The molecule has 0 amide bonds. The summed E-state index contributed by atoms with van der Waals surface area (Å²) >= 11 is 0. The molecule has 2 heterocycles. The maximum Gasteiger partial charge on any atom is 0.206 e. The van der Waals surface area contributed by atoms with Crippen LogP contribution in [0.1, 0.15) is 0 Å². The fourth-order valence-electron chi connectivity index (χ4n) is 3.27. The first-order valence-corrected chi connectivity index (χ1v) is 10.3. The summed E-state index contributed by atoms with van der Waals surface area (Å²) in [7, 11) is -3.57. The van der Waals surface area contributed by atoms with Crippen LogP contribution in [0.2, 0.25) is 0 Å². The van der Waals surface area contributed by atoms with Crippen LogP contribution in [0.4, 0.5) is 0 Å². The van der Waals surface area contributed by atoms with Crippen molar-refractivity contribution in [3.8, 4) is 11.5 Å². The molecule has 2 aliphatic rings. The average Bonchev–Trinajstić information content (AvgIpc) is 2.69. The van der Waals surface area contributed by atoms with E-state index in [9.17, 15) is 8.42 Å². The van der Waals surface area contributed by atoms with Crippen molar-refractivity contribution in [1.29, 1.82) is 0 Å². The van der Waals surface area contributed by atoms with Gasteiger partial charge in [0.15, 0.2) is 11.5 Å². The van der Waals surface area contributed by atoms with Crippen LogP contribution in [0.15, 0.2) is 58.3 Å². The van der Waals surface area contributed by atoms with Gasteiger partial charge in [0.2, 0.25) is 9.84 Å². The molecule has 1 atom stereocenters. The number of ether oxygens (including phenoxy) is 2. The zero-order chi connectivity index (χ0) is 18.0. The van der Waals surface area contributed by atoms with Gasteiger partial charge in [0, 0.05) is 38.8 Å². The van der Waals surface area contributed by atoms with Crippen LogP contribution in [0.3, 0.4) is 0 Å². The lowest BCUT2D eigenvalue weighted by molar-refractivity contribution is 0.0550. The summed E-state index contributed by atoms with van der Waals surface area (Å²) in [5, 5.41) is 3.33. The third-order valence-corrected chi connectivity index (χ3v) is 6.44. The second kappa shape index (κ2) is 7.26. The van der Waals surface area contributed by atoms with Crippen LogP contribution in [0, 0.1) is 0 Å². The molecule has 0 radical (unpaired) electrons. The molecule has 0 aliphatic carbocycles. The molecule has 1 N–H and O–H groups in total. The molecule has 2 aliphatic heterocycles. The Hall–Kier alpha value is -2.09. The van der Waals surface area contributed by atoms with E-state index in [2.05, 4.69) is 10.2 Å². The number of benzene rings is 2. The van der Waals surface area contributed by atoms with Crippen LogP contribution >= 0.6 is 0 Å². The Labute approximate surface area is 153 Å². The number of nitrogens with zero attached hydrogens (tertiary/aromatic N) is 1. The number of piperazine rings is 1. The molecule has 6 nitrogen and oxygen atoms in total. The van der Waals surface area contributed by atoms with Crippen LogP contribution < -0.4 is 14.8 Å². The first-order valence-electron chi connectivity index (χ1n) is 8.80. The van der Waals surface area contributed by atoms with Gasteiger partial charge in [-0.15, -0.1) is 0 Å². The van der Waals surface area contributed by atoms with Crippen LogP contribution in [0.25, 0.3) is 0 Å². The summed E-state index contributed by atoms with van der Waals surface area (Å²) < 4.78 is 37.5. The first kappa shape index (κ1) is 17.3. The van der Waals surface area contributed by atoms with Crippen LogP contribution in [0.5, 0.6) is 11.5 Å². The molecule has 0 saturated carbocycles. The Morgan fingerprint density at radius 1 is 1.00 bits per heavy atom. The van der Waals surface area contributed by atoms with Gasteiger partial charge < -0.3 is 14.8 Å². The number of rotatable bonds is 4. The van der Waals surface area contributed by atoms with Crippen molar-refractivity contribution < 1.29 is 17.9 Å². The monoisotopic (exact) mass is 374 g/mol. The van der Waals surface area contributed by atoms with Crippen molar-refractivity contribution >= 4 is 9.84 Å². The van der Waals surface area contributed by atoms with Crippen molar-refractivity contribution in [2.45, 2.75) is 15.9 Å². The van der Waals surface area contributed by atoms with E-state index in [0.29, 0.717) is 18.1 Å². The lowest BCUT2D eigenvalue weighted by atomic mass is 10.2. The Bertz CT molecular complexity index is 864. The molecule has 2 aromatic carbocycles. The highest BCUT2D eigenvalue weighted by molar-refractivity contribution is 7.91. The third kappa shape index (κ3) is 3.56. The molecule has 26 heavy (non-hydrogen) atoms. The van der Waals surface area contributed by atoms with Crippen molar-refractivity contribution in [3.63, 3.8) is 0 Å². The van der Waals surface area contributed by atoms with Gasteiger partial charge in [-0.1, -0.05) is 18.2 Å². The van der Waals surface area contributed by atoms with E-state index in [1.807, 2.05) is 0 Å². The van der Waals surface area contributed by atoms with Crippen molar-refractivity contribution in [2.75, 3.05) is 39.3 Å². The SMILES string of the molecule is O=S(=O)(c1ccccc1)c1ccc2c(c1)OC(CN1CCNCC1)CO2. The quantitative estimate of drug-likeness (QED) is 0.876. The zero-order valence-electron chi connectivity index (χ0n) is 14.4. The second-order valence-corrected chi connectivity index (χ2v) is 8.48. The summed E-state index contributed by atoms with van der Waals surface area (Å²) in [6.07, 6.45) is -0.102. The summed E-state index contributed by atoms with van der Waals surface area (Å²) in [5.41, 5.74) is 0. The van der Waals surface area contributed by atoms with E-state index in [4.69, 9.17) is 9.47 Å². The minimum Gasteiger partial charge on any atom is -0.486 e. The number of hydrogen-bond donors (Lipinski definition) is 1. The molecule has 0 bridgehead atoms. The standard InChI is InChI=1S/C19H22N2O4S/c22-26(23,16-4-2-1-3-5-16)17-6-7-18-19(12-17)25-15(14-24-18)13-21-10-8-20-9-11-21/h1-7,12,15,20H,8-11,13-14H2. The summed E-state index contributed by atoms with van der Waals surface area (Å²) in [4.78, 5) is 2.82. The smallest absolute Gasteiger partial charge is 0.206 e. The van der Waals surface area contributed by atoms with Gasteiger partial charge in [0.25, 0.3) is 0 Å². The van der Waals surface area contributed by atoms with E-state index in [1.54, 1.807) is 48.5 Å². The van der Waals surface area contributed by atoms with Crippen molar-refractivity contribution in [2.24, 2.45) is 0 Å². The van der Waals surface area contributed by atoms with E-state index < -0.39 is 9.84 Å². The zero-order valence-corrected chi connectivity index (χ0v) is 15.2. The minimum atomic E-state index is -3.57. The van der Waals surface area contributed by atoms with E-state index in [1.165, 1.54) is 0 Å². The molecule has 2 aromatic rings. The van der Waals surface area contributed by atoms with Crippen molar-refractivity contribution in [1.82, 2.24) is 10.2 Å². The Morgan fingerprint density at radius 3 is 2.54 bits per heavy atom. The van der Waals surface area contributed by atoms with E-state index >= 15 is 0 Å². The molecule has 7 heteroatoms. The normalized spacial score (nSPS) is 20.7. The van der Waals surface area contributed by atoms with Gasteiger partial charge in [-0.25, -0.2) is 8.42 Å². The van der Waals surface area contributed by atoms with Crippen LogP contribution in [-0.2, 0) is 9.84 Å². The van der Waals surface area contributed by atoms with Crippen molar-refractivity contribution in [3.05, 3.63) is 48.5 Å². The number of fused-ring (bicyclic) bond motifs is 1. The Morgan fingerprint density at radius 2 is 1.77 bits per heavy atom. The number of nitrogens with one attached hydrogen (secondary N) is 1.